The molecule has 0 bridgehead atoms. The Morgan fingerprint density at radius 2 is 1.74 bits per heavy atom. The molecular weight excluding hydrogens is 442 g/mol. The summed E-state index contributed by atoms with van der Waals surface area (Å²) in [5.41, 5.74) is 5.96. The number of rotatable bonds is 4. The second-order valence-corrected chi connectivity index (χ2v) is 10.2. The standard InChI is InChI=1S/C28H27N3O2S/c1-18-12-13-25(19(2)16-18)31-27(33)23-10-6-7-11-24(23)29-28(31)34-20(3)26(32)30-15-14-21-8-4-5-9-22(21)17-30/h4-13,16,20H,14-15,17H2,1-3H3. The van der Waals surface area contributed by atoms with E-state index in [4.69, 9.17) is 4.98 Å². The SMILES string of the molecule is Cc1ccc(-n2c(SC(C)C(=O)N3CCc4ccccc4C3)nc3ccccc3c2=O)c(C)c1. The van der Waals surface area contributed by atoms with Gasteiger partial charge in [0.05, 0.1) is 21.8 Å². The van der Waals surface area contributed by atoms with E-state index in [-0.39, 0.29) is 16.7 Å². The molecule has 1 aromatic heterocycles. The number of thioether (sulfide) groups is 1. The summed E-state index contributed by atoms with van der Waals surface area (Å²) in [5.74, 6) is 0.0640. The summed E-state index contributed by atoms with van der Waals surface area (Å²) < 4.78 is 1.66. The molecule has 1 atom stereocenters. The lowest BCUT2D eigenvalue weighted by atomic mass is 10.00. The average molecular weight is 470 g/mol. The van der Waals surface area contributed by atoms with Crippen LogP contribution in [0.15, 0.2) is 76.7 Å². The van der Waals surface area contributed by atoms with E-state index in [9.17, 15) is 9.59 Å². The van der Waals surface area contributed by atoms with Crippen molar-refractivity contribution in [1.29, 1.82) is 0 Å². The Balaban J connectivity index is 1.52. The first kappa shape index (κ1) is 22.4. The molecular formula is C28H27N3O2S. The summed E-state index contributed by atoms with van der Waals surface area (Å²) >= 11 is 1.35. The van der Waals surface area contributed by atoms with Crippen molar-refractivity contribution < 1.29 is 4.79 Å². The minimum Gasteiger partial charge on any atom is -0.337 e. The lowest BCUT2D eigenvalue weighted by Crippen LogP contribution is -2.40. The molecule has 3 aromatic carbocycles. The van der Waals surface area contributed by atoms with E-state index in [1.807, 2.05) is 68.1 Å². The maximum absolute atomic E-state index is 13.6. The van der Waals surface area contributed by atoms with Gasteiger partial charge in [0.1, 0.15) is 0 Å². The first-order chi connectivity index (χ1) is 16.4. The fraction of sp³-hybridized carbons (Fsp3) is 0.250. The van der Waals surface area contributed by atoms with E-state index in [0.29, 0.717) is 29.1 Å². The Labute approximate surface area is 203 Å². The van der Waals surface area contributed by atoms with Gasteiger partial charge in [-0.3, -0.25) is 14.2 Å². The molecule has 1 aliphatic heterocycles. The van der Waals surface area contributed by atoms with Gasteiger partial charge in [0, 0.05) is 13.1 Å². The van der Waals surface area contributed by atoms with Crippen LogP contribution in [0.25, 0.3) is 16.6 Å². The largest absolute Gasteiger partial charge is 0.337 e. The highest BCUT2D eigenvalue weighted by molar-refractivity contribution is 8.00. The van der Waals surface area contributed by atoms with E-state index in [1.165, 1.54) is 22.9 Å². The first-order valence-corrected chi connectivity index (χ1v) is 12.4. The first-order valence-electron chi connectivity index (χ1n) is 11.5. The minimum atomic E-state index is -0.379. The van der Waals surface area contributed by atoms with Gasteiger partial charge in [-0.05, 0) is 62.1 Å². The Hall–Kier alpha value is -3.38. The van der Waals surface area contributed by atoms with Gasteiger partial charge in [-0.2, -0.15) is 0 Å². The Morgan fingerprint density at radius 3 is 2.53 bits per heavy atom. The molecule has 1 amide bonds. The number of aryl methyl sites for hydroxylation is 2. The van der Waals surface area contributed by atoms with Gasteiger partial charge in [0.25, 0.3) is 5.56 Å². The normalized spacial score (nSPS) is 14.1. The van der Waals surface area contributed by atoms with Crippen molar-refractivity contribution in [3.05, 3.63) is 99.3 Å². The van der Waals surface area contributed by atoms with E-state index >= 15 is 0 Å². The number of aromatic nitrogens is 2. The van der Waals surface area contributed by atoms with Crippen LogP contribution >= 0.6 is 11.8 Å². The molecule has 0 radical (unpaired) electrons. The van der Waals surface area contributed by atoms with Crippen molar-refractivity contribution in [2.24, 2.45) is 0 Å². The zero-order chi connectivity index (χ0) is 23.8. The third-order valence-corrected chi connectivity index (χ3v) is 7.45. The van der Waals surface area contributed by atoms with Crippen LogP contribution in [0.3, 0.4) is 0 Å². The van der Waals surface area contributed by atoms with Crippen molar-refractivity contribution >= 4 is 28.6 Å². The predicted octanol–water partition coefficient (Wildman–Crippen LogP) is 5.07. The molecule has 0 fully saturated rings. The van der Waals surface area contributed by atoms with Gasteiger partial charge in [-0.1, -0.05) is 65.9 Å². The van der Waals surface area contributed by atoms with Gasteiger partial charge in [0.15, 0.2) is 5.16 Å². The third kappa shape index (κ3) is 4.14. The smallest absolute Gasteiger partial charge is 0.266 e. The van der Waals surface area contributed by atoms with Crippen LogP contribution in [0.1, 0.15) is 29.2 Å². The molecule has 0 saturated carbocycles. The monoisotopic (exact) mass is 469 g/mol. The maximum atomic E-state index is 13.6. The summed E-state index contributed by atoms with van der Waals surface area (Å²) in [4.78, 5) is 33.8. The number of benzene rings is 3. The molecule has 34 heavy (non-hydrogen) atoms. The number of hydrogen-bond donors (Lipinski definition) is 0. The van der Waals surface area contributed by atoms with Crippen molar-refractivity contribution in [2.45, 2.75) is 44.1 Å². The molecule has 1 unspecified atom stereocenters. The number of carbonyl (C=O) groups is 1. The number of para-hydroxylation sites is 1. The fourth-order valence-corrected chi connectivity index (χ4v) is 5.61. The molecule has 4 aromatic rings. The van der Waals surface area contributed by atoms with Crippen LogP contribution in [-0.2, 0) is 17.8 Å². The van der Waals surface area contributed by atoms with Crippen molar-refractivity contribution in [3.8, 4) is 5.69 Å². The van der Waals surface area contributed by atoms with Crippen molar-refractivity contribution in [3.63, 3.8) is 0 Å². The summed E-state index contributed by atoms with van der Waals surface area (Å²) in [5, 5.41) is 0.725. The highest BCUT2D eigenvalue weighted by Gasteiger charge is 2.27. The van der Waals surface area contributed by atoms with E-state index in [2.05, 4.69) is 18.2 Å². The van der Waals surface area contributed by atoms with Gasteiger partial charge >= 0.3 is 0 Å². The van der Waals surface area contributed by atoms with Crippen LogP contribution in [0.5, 0.6) is 0 Å². The number of carbonyl (C=O) groups excluding carboxylic acids is 1. The summed E-state index contributed by atoms with van der Waals surface area (Å²) in [7, 11) is 0. The number of hydrogen-bond acceptors (Lipinski definition) is 4. The molecule has 172 valence electrons. The van der Waals surface area contributed by atoms with Crippen LogP contribution in [0, 0.1) is 13.8 Å². The van der Waals surface area contributed by atoms with Gasteiger partial charge in [0.2, 0.25) is 5.91 Å². The summed E-state index contributed by atoms with van der Waals surface area (Å²) in [6.07, 6.45) is 0.862. The minimum absolute atomic E-state index is 0.0640. The Morgan fingerprint density at radius 1 is 1.00 bits per heavy atom. The lowest BCUT2D eigenvalue weighted by molar-refractivity contribution is -0.131. The zero-order valence-corrected chi connectivity index (χ0v) is 20.4. The number of nitrogens with zero attached hydrogens (tertiary/aromatic N) is 3. The third-order valence-electron chi connectivity index (χ3n) is 6.41. The second-order valence-electron chi connectivity index (χ2n) is 8.88. The Kier molecular flexibility index (Phi) is 6.00. The molecule has 1 aliphatic rings. The Bertz CT molecular complexity index is 1460. The molecule has 6 heteroatoms. The van der Waals surface area contributed by atoms with Crippen LogP contribution in [0.4, 0.5) is 0 Å². The molecule has 0 aliphatic carbocycles. The van der Waals surface area contributed by atoms with Gasteiger partial charge in [-0.25, -0.2) is 4.98 Å². The molecule has 0 spiro atoms. The van der Waals surface area contributed by atoms with Crippen LogP contribution < -0.4 is 5.56 Å². The zero-order valence-electron chi connectivity index (χ0n) is 19.6. The van der Waals surface area contributed by atoms with E-state index in [1.54, 1.807) is 10.6 Å². The van der Waals surface area contributed by atoms with Crippen molar-refractivity contribution in [1.82, 2.24) is 14.5 Å². The van der Waals surface area contributed by atoms with E-state index in [0.717, 1.165) is 23.2 Å². The number of fused-ring (bicyclic) bond motifs is 2. The highest BCUT2D eigenvalue weighted by Crippen LogP contribution is 2.29. The predicted molar refractivity (Wildman–Crippen MR) is 138 cm³/mol. The maximum Gasteiger partial charge on any atom is 0.266 e. The second kappa shape index (κ2) is 9.11. The van der Waals surface area contributed by atoms with Crippen LogP contribution in [-0.4, -0.2) is 32.2 Å². The van der Waals surface area contributed by atoms with Gasteiger partial charge in [-0.15, -0.1) is 0 Å². The average Bonchev–Trinajstić information content (AvgIpc) is 2.84. The molecule has 5 nitrogen and oxygen atoms in total. The molecule has 5 rings (SSSR count). The van der Waals surface area contributed by atoms with Crippen LogP contribution in [0.2, 0.25) is 0 Å². The van der Waals surface area contributed by atoms with E-state index < -0.39 is 0 Å². The topological polar surface area (TPSA) is 55.2 Å². The van der Waals surface area contributed by atoms with Gasteiger partial charge < -0.3 is 4.90 Å². The lowest BCUT2D eigenvalue weighted by Gasteiger charge is -2.30. The van der Waals surface area contributed by atoms with Crippen molar-refractivity contribution in [2.75, 3.05) is 6.54 Å². The molecule has 2 heterocycles. The summed E-state index contributed by atoms with van der Waals surface area (Å²) in [6, 6.07) is 21.7. The molecule has 0 N–H and O–H groups in total. The molecule has 0 saturated heterocycles. The summed E-state index contributed by atoms with van der Waals surface area (Å²) in [6.45, 7) is 7.26. The highest BCUT2D eigenvalue weighted by atomic mass is 32.2. The quantitative estimate of drug-likeness (QED) is 0.309. The number of amides is 1. The fourth-order valence-electron chi connectivity index (χ4n) is 4.61.